The van der Waals surface area contributed by atoms with E-state index in [-0.39, 0.29) is 0 Å². The van der Waals surface area contributed by atoms with Crippen molar-refractivity contribution < 1.29 is 4.42 Å². The first-order chi connectivity index (χ1) is 7.42. The minimum atomic E-state index is 0.319. The van der Waals surface area contributed by atoms with Gasteiger partial charge in [-0.15, -0.1) is 0 Å². The zero-order valence-corrected chi connectivity index (χ0v) is 9.17. The topological polar surface area (TPSA) is 25.2 Å². The Hall–Kier alpha value is -0.760. The molecule has 15 heavy (non-hydrogen) atoms. The molecule has 1 unspecified atom stereocenters. The van der Waals surface area contributed by atoms with E-state index in [4.69, 9.17) is 4.42 Å². The molecular weight excluding hydrogens is 186 g/mol. The second-order valence-electron chi connectivity index (χ2n) is 4.99. The predicted octanol–water partition coefficient (Wildman–Crippen LogP) is 2.84. The molecule has 1 atom stereocenters. The average Bonchev–Trinajstić information content (AvgIpc) is 3.02. The summed E-state index contributed by atoms with van der Waals surface area (Å²) >= 11 is 0. The van der Waals surface area contributed by atoms with Crippen molar-refractivity contribution in [1.29, 1.82) is 0 Å². The molecule has 0 bridgehead atoms. The summed E-state index contributed by atoms with van der Waals surface area (Å²) in [4.78, 5) is 0. The molecule has 2 fully saturated rings. The molecule has 1 saturated heterocycles. The molecule has 0 aromatic carbocycles. The first-order valence-electron chi connectivity index (χ1n) is 6.19. The van der Waals surface area contributed by atoms with E-state index in [0.717, 1.165) is 0 Å². The Morgan fingerprint density at radius 1 is 1.27 bits per heavy atom. The van der Waals surface area contributed by atoms with Gasteiger partial charge in [-0.05, 0) is 44.4 Å². The lowest BCUT2D eigenvalue weighted by Gasteiger charge is -2.33. The van der Waals surface area contributed by atoms with E-state index >= 15 is 0 Å². The Balaban J connectivity index is 1.94. The van der Waals surface area contributed by atoms with Gasteiger partial charge >= 0.3 is 0 Å². The molecule has 1 N–H and O–H groups in total. The third kappa shape index (κ3) is 1.43. The lowest BCUT2D eigenvalue weighted by atomic mass is 9.75. The highest BCUT2D eigenvalue weighted by Gasteiger charge is 2.45. The molecule has 1 aliphatic heterocycles. The van der Waals surface area contributed by atoms with Gasteiger partial charge in [0.1, 0.15) is 5.76 Å². The Morgan fingerprint density at radius 2 is 2.13 bits per heavy atom. The summed E-state index contributed by atoms with van der Waals surface area (Å²) in [6.45, 7) is 1.19. The molecular formula is C13H19NO. The number of rotatable bonds is 2. The van der Waals surface area contributed by atoms with Crippen LogP contribution >= 0.6 is 0 Å². The highest BCUT2D eigenvalue weighted by atomic mass is 16.3. The van der Waals surface area contributed by atoms with Gasteiger partial charge in [-0.1, -0.05) is 12.8 Å². The van der Waals surface area contributed by atoms with Crippen LogP contribution in [0.2, 0.25) is 0 Å². The number of hydrogen-bond donors (Lipinski definition) is 1. The number of nitrogens with one attached hydrogen (secondary N) is 1. The Bertz CT molecular complexity index is 305. The lowest BCUT2D eigenvalue weighted by molar-refractivity contribution is 0.266. The van der Waals surface area contributed by atoms with Gasteiger partial charge in [-0.25, -0.2) is 0 Å². The predicted molar refractivity (Wildman–Crippen MR) is 59.9 cm³/mol. The highest BCUT2D eigenvalue weighted by Crippen LogP contribution is 2.46. The van der Waals surface area contributed by atoms with Crippen molar-refractivity contribution in [2.24, 2.45) is 0 Å². The maximum atomic E-state index is 5.69. The van der Waals surface area contributed by atoms with Gasteiger partial charge in [-0.3, -0.25) is 0 Å². The lowest BCUT2D eigenvalue weighted by Crippen LogP contribution is -2.43. The van der Waals surface area contributed by atoms with Crippen molar-refractivity contribution in [2.75, 3.05) is 6.54 Å². The minimum Gasteiger partial charge on any atom is -0.469 e. The second-order valence-corrected chi connectivity index (χ2v) is 4.99. The fourth-order valence-corrected chi connectivity index (χ4v) is 3.49. The Morgan fingerprint density at radius 3 is 2.73 bits per heavy atom. The molecule has 2 nitrogen and oxygen atoms in total. The van der Waals surface area contributed by atoms with Gasteiger partial charge in [0, 0.05) is 11.5 Å². The van der Waals surface area contributed by atoms with Crippen molar-refractivity contribution in [3.63, 3.8) is 0 Å². The maximum Gasteiger partial charge on any atom is 0.111 e. The first kappa shape index (κ1) is 9.46. The van der Waals surface area contributed by atoms with Crippen LogP contribution < -0.4 is 5.32 Å². The van der Waals surface area contributed by atoms with Crippen molar-refractivity contribution in [3.05, 3.63) is 24.2 Å². The zero-order valence-electron chi connectivity index (χ0n) is 9.17. The summed E-state index contributed by atoms with van der Waals surface area (Å²) in [6, 6.07) is 4.86. The van der Waals surface area contributed by atoms with Crippen molar-refractivity contribution in [2.45, 2.75) is 50.0 Å². The van der Waals surface area contributed by atoms with Crippen LogP contribution in [0.1, 0.15) is 44.3 Å². The largest absolute Gasteiger partial charge is 0.469 e. The molecule has 1 aromatic rings. The summed E-state index contributed by atoms with van der Waals surface area (Å²) in [7, 11) is 0. The summed E-state index contributed by atoms with van der Waals surface area (Å²) < 4.78 is 5.69. The van der Waals surface area contributed by atoms with E-state index < -0.39 is 0 Å². The number of hydrogen-bond acceptors (Lipinski definition) is 2. The van der Waals surface area contributed by atoms with Crippen LogP contribution in [-0.2, 0) is 5.41 Å². The van der Waals surface area contributed by atoms with Crippen LogP contribution in [0.3, 0.4) is 0 Å². The smallest absolute Gasteiger partial charge is 0.111 e. The van der Waals surface area contributed by atoms with E-state index in [1.165, 1.54) is 50.8 Å². The molecule has 0 spiro atoms. The Labute approximate surface area is 91.0 Å². The summed E-state index contributed by atoms with van der Waals surface area (Å²) in [6.07, 6.45) is 9.80. The van der Waals surface area contributed by atoms with Crippen molar-refractivity contribution >= 4 is 0 Å². The summed E-state index contributed by atoms with van der Waals surface area (Å²) in [5.74, 6) is 1.22. The molecule has 82 valence electrons. The van der Waals surface area contributed by atoms with Crippen LogP contribution in [-0.4, -0.2) is 12.6 Å². The van der Waals surface area contributed by atoms with E-state index in [1.54, 1.807) is 0 Å². The number of furan rings is 1. The normalized spacial score (nSPS) is 29.7. The van der Waals surface area contributed by atoms with Crippen molar-refractivity contribution in [3.8, 4) is 0 Å². The maximum absolute atomic E-state index is 5.69. The average molecular weight is 205 g/mol. The second kappa shape index (κ2) is 3.67. The van der Waals surface area contributed by atoms with Crippen LogP contribution in [0.15, 0.2) is 22.8 Å². The highest BCUT2D eigenvalue weighted by molar-refractivity contribution is 5.20. The monoisotopic (exact) mass is 205 g/mol. The molecule has 0 amide bonds. The van der Waals surface area contributed by atoms with Gasteiger partial charge < -0.3 is 9.73 Å². The van der Waals surface area contributed by atoms with Gasteiger partial charge in [0.05, 0.1) is 6.26 Å². The molecule has 2 heterocycles. The van der Waals surface area contributed by atoms with E-state index in [1.807, 2.05) is 12.3 Å². The standard InChI is InChI=1S/C13H19NO/c1-2-8-13(7-1,11-5-3-9-14-11)12-6-4-10-15-12/h4,6,10-11,14H,1-3,5,7-9H2. The van der Waals surface area contributed by atoms with Gasteiger partial charge in [0.2, 0.25) is 0 Å². The van der Waals surface area contributed by atoms with Crippen LogP contribution in [0, 0.1) is 0 Å². The fourth-order valence-electron chi connectivity index (χ4n) is 3.49. The Kier molecular flexibility index (Phi) is 2.32. The summed E-state index contributed by atoms with van der Waals surface area (Å²) in [5.41, 5.74) is 0.319. The molecule has 1 aromatic heterocycles. The molecule has 1 aliphatic carbocycles. The van der Waals surface area contributed by atoms with E-state index in [9.17, 15) is 0 Å². The first-order valence-corrected chi connectivity index (χ1v) is 6.19. The SMILES string of the molecule is c1coc(C2(C3CCCN3)CCCC2)c1. The molecule has 1 saturated carbocycles. The zero-order chi connectivity index (χ0) is 10.1. The van der Waals surface area contributed by atoms with E-state index in [2.05, 4.69) is 11.4 Å². The van der Waals surface area contributed by atoms with Crippen LogP contribution in [0.5, 0.6) is 0 Å². The van der Waals surface area contributed by atoms with Crippen molar-refractivity contribution in [1.82, 2.24) is 5.32 Å². The third-order valence-corrected chi connectivity index (χ3v) is 4.24. The van der Waals surface area contributed by atoms with Gasteiger partial charge in [0.25, 0.3) is 0 Å². The molecule has 0 radical (unpaired) electrons. The fraction of sp³-hybridized carbons (Fsp3) is 0.692. The molecule has 3 rings (SSSR count). The van der Waals surface area contributed by atoms with Gasteiger partial charge in [-0.2, -0.15) is 0 Å². The van der Waals surface area contributed by atoms with E-state index in [0.29, 0.717) is 11.5 Å². The third-order valence-electron chi connectivity index (χ3n) is 4.24. The quantitative estimate of drug-likeness (QED) is 0.803. The van der Waals surface area contributed by atoms with Crippen LogP contribution in [0.4, 0.5) is 0 Å². The molecule has 2 aliphatic rings. The van der Waals surface area contributed by atoms with Crippen LogP contribution in [0.25, 0.3) is 0 Å². The minimum absolute atomic E-state index is 0.319. The summed E-state index contributed by atoms with van der Waals surface area (Å²) in [5, 5.41) is 3.67. The molecule has 2 heteroatoms. The van der Waals surface area contributed by atoms with Gasteiger partial charge in [0.15, 0.2) is 0 Å².